The molecule has 1 aromatic carbocycles. The quantitative estimate of drug-likeness (QED) is 0.358. The van der Waals surface area contributed by atoms with Gasteiger partial charge in [0.1, 0.15) is 12.1 Å². The number of rotatable bonds is 9. The number of carbonyl (C=O) groups excluding carboxylic acids is 4. The molecule has 10 nitrogen and oxygen atoms in total. The van der Waals surface area contributed by atoms with Crippen LogP contribution in [0.3, 0.4) is 0 Å². The Bertz CT molecular complexity index is 1470. The molecule has 1 aliphatic carbocycles. The van der Waals surface area contributed by atoms with Crippen molar-refractivity contribution < 1.29 is 23.4 Å². The van der Waals surface area contributed by atoms with Gasteiger partial charge in [0.15, 0.2) is 5.01 Å². The van der Waals surface area contributed by atoms with Gasteiger partial charge in [-0.15, -0.1) is 11.3 Å². The molecule has 3 N–H and O–H groups in total. The summed E-state index contributed by atoms with van der Waals surface area (Å²) >= 11 is 1.27. The standard InChI is InChI=1S/C32H45N5O5S2/c1-30(2,3)25(36-44(42)31(4,5)6)29(41)37-16-18-22(32(18,7)8)23(37)27(40)34-20(15-17-13-14-33-26(17)39)24(38)28-35-19-11-9-10-12-21(19)43-28/h9-12,17-18,20,22-23,25,36H,13-16H2,1-8H3,(H,33,39)(H,34,40)/t17-,18-,20-,22-,23-,25+,44?/m0/s1. The van der Waals surface area contributed by atoms with E-state index in [1.165, 1.54) is 11.3 Å². The number of benzene rings is 1. The van der Waals surface area contributed by atoms with E-state index in [0.29, 0.717) is 25.0 Å². The first kappa shape index (κ1) is 32.7. The molecule has 5 rings (SSSR count). The van der Waals surface area contributed by atoms with E-state index in [-0.39, 0.29) is 46.3 Å². The number of fused-ring (bicyclic) bond motifs is 2. The second-order valence-corrected chi connectivity index (χ2v) is 18.1. The van der Waals surface area contributed by atoms with E-state index in [9.17, 15) is 23.4 Å². The third-order valence-corrected chi connectivity index (χ3v) is 12.1. The number of aromatic nitrogens is 1. The number of para-hydroxylation sites is 1. The molecule has 1 saturated carbocycles. The van der Waals surface area contributed by atoms with Crippen molar-refractivity contribution >= 4 is 56.0 Å². The molecule has 7 atom stereocenters. The summed E-state index contributed by atoms with van der Waals surface area (Å²) in [6, 6.07) is 4.92. The van der Waals surface area contributed by atoms with E-state index in [2.05, 4.69) is 34.2 Å². The summed E-state index contributed by atoms with van der Waals surface area (Å²) in [6.07, 6.45) is 0.731. The number of hydrogen-bond acceptors (Lipinski definition) is 7. The van der Waals surface area contributed by atoms with Gasteiger partial charge in [-0.25, -0.2) is 13.9 Å². The Balaban J connectivity index is 1.43. The molecule has 0 bridgehead atoms. The van der Waals surface area contributed by atoms with Crippen molar-refractivity contribution in [2.75, 3.05) is 13.1 Å². The van der Waals surface area contributed by atoms with Gasteiger partial charge in [0.2, 0.25) is 23.5 Å². The smallest absolute Gasteiger partial charge is 0.243 e. The molecule has 44 heavy (non-hydrogen) atoms. The maximum atomic E-state index is 14.3. The predicted octanol–water partition coefficient (Wildman–Crippen LogP) is 3.44. The summed E-state index contributed by atoms with van der Waals surface area (Å²) in [5.41, 5.74) is -0.0223. The van der Waals surface area contributed by atoms with Gasteiger partial charge >= 0.3 is 0 Å². The maximum Gasteiger partial charge on any atom is 0.243 e. The first-order chi connectivity index (χ1) is 20.4. The van der Waals surface area contributed by atoms with E-state index >= 15 is 0 Å². The van der Waals surface area contributed by atoms with E-state index in [0.717, 1.165) is 4.70 Å². The van der Waals surface area contributed by atoms with Gasteiger partial charge < -0.3 is 15.5 Å². The lowest BCUT2D eigenvalue weighted by molar-refractivity contribution is -0.143. The Morgan fingerprint density at radius 1 is 1.16 bits per heavy atom. The topological polar surface area (TPSA) is 138 Å². The average Bonchev–Trinajstić information content (AvgIpc) is 3.44. The normalized spacial score (nSPS) is 26.5. The zero-order chi connectivity index (χ0) is 32.4. The SMILES string of the molecule is CC(C)(C)[C@H](NS(=O)C(C)(C)C)C(=O)N1C[C@H]2[C@@H]([C@H]1C(=O)N[C@@H](C[C@@H]1CCNC1=O)C(=O)c1nc3ccccc3s1)C2(C)C. The molecular formula is C32H45N5O5S2. The molecule has 0 spiro atoms. The van der Waals surface area contributed by atoms with Gasteiger partial charge in [-0.2, -0.15) is 0 Å². The highest BCUT2D eigenvalue weighted by Gasteiger charge is 2.70. The van der Waals surface area contributed by atoms with Gasteiger partial charge in [-0.05, 0) is 68.4 Å². The lowest BCUT2D eigenvalue weighted by Crippen LogP contribution is -2.60. The lowest BCUT2D eigenvalue weighted by atomic mass is 9.86. The van der Waals surface area contributed by atoms with Gasteiger partial charge in [-0.1, -0.05) is 46.8 Å². The molecule has 3 heterocycles. The summed E-state index contributed by atoms with van der Waals surface area (Å²) in [5.74, 6) is -1.50. The van der Waals surface area contributed by atoms with Crippen molar-refractivity contribution in [2.45, 2.75) is 91.1 Å². The molecule has 240 valence electrons. The van der Waals surface area contributed by atoms with Crippen molar-refractivity contribution in [2.24, 2.45) is 28.6 Å². The van der Waals surface area contributed by atoms with Crippen molar-refractivity contribution in [3.05, 3.63) is 29.3 Å². The molecule has 3 fully saturated rings. The number of hydrogen-bond donors (Lipinski definition) is 3. The Morgan fingerprint density at radius 2 is 1.84 bits per heavy atom. The zero-order valence-electron chi connectivity index (χ0n) is 26.9. The van der Waals surface area contributed by atoms with Crippen LogP contribution in [0.1, 0.15) is 78.0 Å². The number of ketones is 1. The summed E-state index contributed by atoms with van der Waals surface area (Å²) in [6.45, 7) is 16.4. The third kappa shape index (κ3) is 6.22. The molecule has 2 aliphatic heterocycles. The Kier molecular flexibility index (Phi) is 8.61. The van der Waals surface area contributed by atoms with Gasteiger partial charge in [0.05, 0.1) is 32.0 Å². The Morgan fingerprint density at radius 3 is 2.43 bits per heavy atom. The zero-order valence-corrected chi connectivity index (χ0v) is 28.5. The fourth-order valence-electron chi connectivity index (χ4n) is 6.63. The van der Waals surface area contributed by atoms with Crippen LogP contribution >= 0.6 is 11.3 Å². The van der Waals surface area contributed by atoms with E-state index in [1.54, 1.807) is 4.90 Å². The number of nitrogens with zero attached hydrogens (tertiary/aromatic N) is 2. The minimum Gasteiger partial charge on any atom is -0.356 e. The molecule has 1 unspecified atom stereocenters. The first-order valence-electron chi connectivity index (χ1n) is 15.4. The van der Waals surface area contributed by atoms with Crippen molar-refractivity contribution in [1.82, 2.24) is 25.2 Å². The van der Waals surface area contributed by atoms with Gasteiger partial charge in [-0.3, -0.25) is 19.2 Å². The minimum absolute atomic E-state index is 0.0758. The molecule has 3 amide bonds. The highest BCUT2D eigenvalue weighted by molar-refractivity contribution is 7.84. The van der Waals surface area contributed by atoms with Crippen LogP contribution in [-0.4, -0.2) is 73.6 Å². The fraction of sp³-hybridized carbons (Fsp3) is 0.656. The summed E-state index contributed by atoms with van der Waals surface area (Å²) in [4.78, 5) is 61.1. The molecule has 2 aromatic rings. The number of nitrogens with one attached hydrogen (secondary N) is 3. The highest BCUT2D eigenvalue weighted by atomic mass is 32.2. The van der Waals surface area contributed by atoms with Gasteiger partial charge in [0.25, 0.3) is 0 Å². The second kappa shape index (κ2) is 11.6. The molecule has 1 aromatic heterocycles. The number of thiazole rings is 1. The predicted molar refractivity (Wildman–Crippen MR) is 172 cm³/mol. The highest BCUT2D eigenvalue weighted by Crippen LogP contribution is 2.65. The fourth-order valence-corrected chi connectivity index (χ4v) is 8.61. The summed E-state index contributed by atoms with van der Waals surface area (Å²) in [5, 5.41) is 6.10. The molecule has 12 heteroatoms. The minimum atomic E-state index is -1.51. The summed E-state index contributed by atoms with van der Waals surface area (Å²) < 4.78 is 16.5. The number of likely N-dealkylation sites (tertiary alicyclic amines) is 1. The van der Waals surface area contributed by atoms with Crippen LogP contribution in [0.5, 0.6) is 0 Å². The maximum absolute atomic E-state index is 14.3. The summed E-state index contributed by atoms with van der Waals surface area (Å²) in [7, 11) is -1.51. The number of carbonyl (C=O) groups is 4. The number of piperidine rings is 1. The van der Waals surface area contributed by atoms with Crippen LogP contribution in [0.15, 0.2) is 24.3 Å². The van der Waals surface area contributed by atoms with E-state index in [1.807, 2.05) is 65.8 Å². The third-order valence-electron chi connectivity index (χ3n) is 9.47. The molecule has 2 saturated heterocycles. The van der Waals surface area contributed by atoms with Gasteiger partial charge in [0, 0.05) is 19.0 Å². The molecular weight excluding hydrogens is 599 g/mol. The van der Waals surface area contributed by atoms with Crippen LogP contribution in [0, 0.1) is 28.6 Å². The van der Waals surface area contributed by atoms with Crippen LogP contribution in [-0.2, 0) is 25.4 Å². The van der Waals surface area contributed by atoms with Crippen LogP contribution in [0.4, 0.5) is 0 Å². The monoisotopic (exact) mass is 643 g/mol. The van der Waals surface area contributed by atoms with E-state index in [4.69, 9.17) is 0 Å². The number of amides is 3. The first-order valence-corrected chi connectivity index (χ1v) is 17.3. The largest absolute Gasteiger partial charge is 0.356 e. The van der Waals surface area contributed by atoms with Crippen molar-refractivity contribution in [1.29, 1.82) is 0 Å². The lowest BCUT2D eigenvalue weighted by Gasteiger charge is -2.38. The average molecular weight is 644 g/mol. The molecule has 0 radical (unpaired) electrons. The van der Waals surface area contributed by atoms with Crippen LogP contribution < -0.4 is 15.4 Å². The Hall–Kier alpha value is -2.70. The Labute approximate surface area is 266 Å². The number of Topliss-reactive ketones (excluding diaryl/α,β-unsaturated/α-hetero) is 1. The van der Waals surface area contributed by atoms with Crippen molar-refractivity contribution in [3.8, 4) is 0 Å². The van der Waals surface area contributed by atoms with Crippen LogP contribution in [0.25, 0.3) is 10.2 Å². The molecule has 3 aliphatic rings. The van der Waals surface area contributed by atoms with Crippen LogP contribution in [0.2, 0.25) is 0 Å². The second-order valence-electron chi connectivity index (χ2n) is 15.1. The van der Waals surface area contributed by atoms with Crippen molar-refractivity contribution in [3.63, 3.8) is 0 Å². The van der Waals surface area contributed by atoms with E-state index < -0.39 is 51.1 Å².